The highest BCUT2D eigenvalue weighted by Gasteiger charge is 2.36. The van der Waals surface area contributed by atoms with Gasteiger partial charge in [0.05, 0.1) is 12.7 Å². The summed E-state index contributed by atoms with van der Waals surface area (Å²) in [5.41, 5.74) is 2.67. The minimum absolute atomic E-state index is 0.0150. The normalized spacial score (nSPS) is 22.8. The maximum atomic E-state index is 12.1. The molecule has 2 aliphatic rings. The first-order valence-corrected chi connectivity index (χ1v) is 6.29. The monoisotopic (exact) mass is 247 g/mol. The standard InChI is InChI=1S/C14H17NO3/c1-15-6-5-8-7-11(18-2)14(17)13-10(16)4-3-9(15)12(8)13/h7,9,17H,3-6H2,1-2H3. The molecule has 0 aromatic heterocycles. The molecule has 1 N–H and O–H groups in total. The Hall–Kier alpha value is -1.55. The third kappa shape index (κ3) is 1.45. The maximum absolute atomic E-state index is 12.1. The van der Waals surface area contributed by atoms with Crippen molar-refractivity contribution < 1.29 is 14.6 Å². The van der Waals surface area contributed by atoms with Crippen molar-refractivity contribution >= 4 is 5.78 Å². The lowest BCUT2D eigenvalue weighted by molar-refractivity contribution is 0.0930. The Labute approximate surface area is 106 Å². The molecule has 1 aromatic rings. The summed E-state index contributed by atoms with van der Waals surface area (Å²) in [6, 6.07) is 2.14. The first-order valence-electron chi connectivity index (χ1n) is 6.29. The highest BCUT2D eigenvalue weighted by molar-refractivity contribution is 6.02. The van der Waals surface area contributed by atoms with Gasteiger partial charge in [-0.3, -0.25) is 9.69 Å². The fourth-order valence-corrected chi connectivity index (χ4v) is 3.17. The fourth-order valence-electron chi connectivity index (χ4n) is 3.17. The van der Waals surface area contributed by atoms with Crippen molar-refractivity contribution in [2.24, 2.45) is 0 Å². The van der Waals surface area contributed by atoms with E-state index in [4.69, 9.17) is 4.74 Å². The summed E-state index contributed by atoms with van der Waals surface area (Å²) in [7, 11) is 3.60. The zero-order valence-electron chi connectivity index (χ0n) is 10.7. The van der Waals surface area contributed by atoms with E-state index in [0.717, 1.165) is 30.5 Å². The van der Waals surface area contributed by atoms with Crippen LogP contribution in [-0.2, 0) is 6.42 Å². The molecule has 1 heterocycles. The molecule has 3 rings (SSSR count). The molecule has 0 fully saturated rings. The lowest BCUT2D eigenvalue weighted by atomic mass is 9.79. The highest BCUT2D eigenvalue weighted by atomic mass is 16.5. The molecule has 1 aromatic carbocycles. The van der Waals surface area contributed by atoms with E-state index in [9.17, 15) is 9.90 Å². The Kier molecular flexibility index (Phi) is 2.55. The number of hydrogen-bond acceptors (Lipinski definition) is 4. The fraction of sp³-hybridized carbons (Fsp3) is 0.500. The van der Waals surface area contributed by atoms with E-state index in [1.165, 1.54) is 7.11 Å². The Balaban J connectivity index is 2.28. The average molecular weight is 247 g/mol. The van der Waals surface area contributed by atoms with Gasteiger partial charge in [-0.25, -0.2) is 0 Å². The van der Waals surface area contributed by atoms with Crippen LogP contribution in [0, 0.1) is 0 Å². The van der Waals surface area contributed by atoms with E-state index in [-0.39, 0.29) is 17.6 Å². The second-order valence-electron chi connectivity index (χ2n) is 5.08. The van der Waals surface area contributed by atoms with Crippen LogP contribution in [0.3, 0.4) is 0 Å². The van der Waals surface area contributed by atoms with Crippen LogP contribution in [0.25, 0.3) is 0 Å². The molecule has 1 aliphatic carbocycles. The van der Waals surface area contributed by atoms with Crippen molar-refractivity contribution in [1.29, 1.82) is 0 Å². The van der Waals surface area contributed by atoms with E-state index in [1.807, 2.05) is 6.07 Å². The molecule has 4 nitrogen and oxygen atoms in total. The number of likely N-dealkylation sites (N-methyl/N-ethyl adjacent to an activating group) is 1. The summed E-state index contributed by atoms with van der Waals surface area (Å²) in [6.45, 7) is 0.985. The minimum Gasteiger partial charge on any atom is -0.504 e. The summed E-state index contributed by atoms with van der Waals surface area (Å²) in [6.07, 6.45) is 2.25. The Bertz CT molecular complexity index is 524. The summed E-state index contributed by atoms with van der Waals surface area (Å²) in [5, 5.41) is 10.2. The number of hydrogen-bond donors (Lipinski definition) is 1. The van der Waals surface area contributed by atoms with Gasteiger partial charge in [-0.15, -0.1) is 0 Å². The maximum Gasteiger partial charge on any atom is 0.169 e. The van der Waals surface area contributed by atoms with Gasteiger partial charge in [0.15, 0.2) is 17.3 Å². The number of benzene rings is 1. The van der Waals surface area contributed by atoms with Crippen molar-refractivity contribution in [1.82, 2.24) is 4.90 Å². The van der Waals surface area contributed by atoms with Gasteiger partial charge in [-0.2, -0.15) is 0 Å². The summed E-state index contributed by atoms with van der Waals surface area (Å²) in [4.78, 5) is 14.4. The zero-order chi connectivity index (χ0) is 12.9. The molecule has 0 amide bonds. The number of phenolic OH excluding ortho intramolecular Hbond substituents is 1. The molecular formula is C14H17NO3. The lowest BCUT2D eigenvalue weighted by Crippen LogP contribution is -2.36. The summed E-state index contributed by atoms with van der Waals surface area (Å²) < 4.78 is 5.17. The first kappa shape index (κ1) is 11.5. The van der Waals surface area contributed by atoms with Gasteiger partial charge in [0.2, 0.25) is 0 Å². The number of phenols is 1. The van der Waals surface area contributed by atoms with Crippen LogP contribution in [-0.4, -0.2) is 36.5 Å². The second kappa shape index (κ2) is 3.99. The van der Waals surface area contributed by atoms with Crippen molar-refractivity contribution in [3.63, 3.8) is 0 Å². The average Bonchev–Trinajstić information content (AvgIpc) is 2.37. The number of aromatic hydroxyl groups is 1. The Morgan fingerprint density at radius 3 is 2.94 bits per heavy atom. The number of rotatable bonds is 1. The van der Waals surface area contributed by atoms with Crippen molar-refractivity contribution in [3.8, 4) is 11.5 Å². The first-order chi connectivity index (χ1) is 8.63. The summed E-state index contributed by atoms with van der Waals surface area (Å²) >= 11 is 0. The predicted octanol–water partition coefficient (Wildman–Crippen LogP) is 1.91. The van der Waals surface area contributed by atoms with Crippen molar-refractivity contribution in [3.05, 3.63) is 22.8 Å². The topological polar surface area (TPSA) is 49.8 Å². The number of ether oxygens (including phenoxy) is 1. The van der Waals surface area contributed by atoms with Gasteiger partial charge >= 0.3 is 0 Å². The number of methoxy groups -OCH3 is 1. The van der Waals surface area contributed by atoms with Crippen LogP contribution in [0.5, 0.6) is 11.5 Å². The van der Waals surface area contributed by atoms with Gasteiger partial charge in [0, 0.05) is 19.0 Å². The van der Waals surface area contributed by atoms with Gasteiger partial charge in [0.1, 0.15) is 0 Å². The van der Waals surface area contributed by atoms with Crippen LogP contribution >= 0.6 is 0 Å². The van der Waals surface area contributed by atoms with Gasteiger partial charge < -0.3 is 9.84 Å². The molecule has 4 heteroatoms. The highest BCUT2D eigenvalue weighted by Crippen LogP contribution is 2.46. The molecule has 0 bridgehead atoms. The van der Waals surface area contributed by atoms with Gasteiger partial charge in [0.25, 0.3) is 0 Å². The van der Waals surface area contributed by atoms with Crippen LogP contribution in [0.1, 0.15) is 40.4 Å². The molecule has 1 atom stereocenters. The van der Waals surface area contributed by atoms with Crippen molar-refractivity contribution in [2.75, 3.05) is 20.7 Å². The molecule has 0 radical (unpaired) electrons. The van der Waals surface area contributed by atoms with Crippen LogP contribution in [0.2, 0.25) is 0 Å². The van der Waals surface area contributed by atoms with E-state index in [2.05, 4.69) is 11.9 Å². The third-order valence-corrected chi connectivity index (χ3v) is 4.13. The number of nitrogens with zero attached hydrogens (tertiary/aromatic N) is 1. The number of carbonyl (C=O) groups is 1. The van der Waals surface area contributed by atoms with Crippen LogP contribution < -0.4 is 4.74 Å². The third-order valence-electron chi connectivity index (χ3n) is 4.13. The Morgan fingerprint density at radius 2 is 2.22 bits per heavy atom. The molecule has 0 saturated carbocycles. The molecule has 0 saturated heterocycles. The molecule has 96 valence electrons. The minimum atomic E-state index is 0.0150. The van der Waals surface area contributed by atoms with E-state index >= 15 is 0 Å². The van der Waals surface area contributed by atoms with Crippen LogP contribution in [0.15, 0.2) is 6.07 Å². The predicted molar refractivity (Wildman–Crippen MR) is 67.3 cm³/mol. The molecule has 1 unspecified atom stereocenters. The smallest absolute Gasteiger partial charge is 0.169 e. The van der Waals surface area contributed by atoms with Gasteiger partial charge in [-0.05, 0) is 37.1 Å². The quantitative estimate of drug-likeness (QED) is 0.823. The molecular weight excluding hydrogens is 230 g/mol. The largest absolute Gasteiger partial charge is 0.504 e. The molecule has 1 aliphatic heterocycles. The second-order valence-corrected chi connectivity index (χ2v) is 5.08. The molecule has 0 spiro atoms. The summed E-state index contributed by atoms with van der Waals surface area (Å²) in [5.74, 6) is 0.470. The van der Waals surface area contributed by atoms with Crippen LogP contribution in [0.4, 0.5) is 0 Å². The lowest BCUT2D eigenvalue weighted by Gasteiger charge is -2.38. The number of ketones is 1. The Morgan fingerprint density at radius 1 is 1.44 bits per heavy atom. The zero-order valence-corrected chi connectivity index (χ0v) is 10.7. The SMILES string of the molecule is COc1cc2c3c(c1O)C(=O)CCC3N(C)CC2. The van der Waals surface area contributed by atoms with Crippen molar-refractivity contribution in [2.45, 2.75) is 25.3 Å². The van der Waals surface area contributed by atoms with Gasteiger partial charge in [-0.1, -0.05) is 0 Å². The van der Waals surface area contributed by atoms with E-state index in [1.54, 1.807) is 0 Å². The van der Waals surface area contributed by atoms with E-state index < -0.39 is 0 Å². The number of carbonyl (C=O) groups excluding carboxylic acids is 1. The van der Waals surface area contributed by atoms with E-state index in [0.29, 0.717) is 17.7 Å². The number of Topliss-reactive ketones (excluding diaryl/α,β-unsaturated/α-hetero) is 1. The molecule has 18 heavy (non-hydrogen) atoms.